The van der Waals surface area contributed by atoms with Crippen LogP contribution in [-0.2, 0) is 20.9 Å². The minimum atomic E-state index is -0.548. The maximum Gasteiger partial charge on any atom is 0.306 e. The molecule has 25 heavy (non-hydrogen) atoms. The van der Waals surface area contributed by atoms with Crippen molar-refractivity contribution in [2.24, 2.45) is 0 Å². The van der Waals surface area contributed by atoms with E-state index in [2.05, 4.69) is 5.32 Å². The number of esters is 1. The van der Waals surface area contributed by atoms with Gasteiger partial charge >= 0.3 is 5.97 Å². The van der Waals surface area contributed by atoms with Crippen molar-refractivity contribution in [2.45, 2.75) is 33.2 Å². The minimum Gasteiger partial charge on any atom is -0.456 e. The number of thiophene rings is 1. The van der Waals surface area contributed by atoms with Gasteiger partial charge in [0.15, 0.2) is 12.4 Å². The lowest BCUT2D eigenvalue weighted by atomic mass is 10.1. The standard InChI is InChI=1S/C19H21NO4S/c1-13-10-16(14(2)25-13)17(21)8-9-19(23)24-12-18(22)20-11-15-6-4-3-5-7-15/h3-7,10H,8-9,11-12H2,1-2H3,(H,20,22). The minimum absolute atomic E-state index is 0.0286. The molecule has 0 fully saturated rings. The van der Waals surface area contributed by atoms with E-state index < -0.39 is 5.97 Å². The predicted octanol–water partition coefficient (Wildman–Crippen LogP) is 3.19. The van der Waals surface area contributed by atoms with E-state index in [0.717, 1.165) is 15.3 Å². The Morgan fingerprint density at radius 3 is 2.44 bits per heavy atom. The third kappa shape index (κ3) is 6.15. The fourth-order valence-corrected chi connectivity index (χ4v) is 3.27. The first-order valence-electron chi connectivity index (χ1n) is 8.02. The Hall–Kier alpha value is -2.47. The zero-order valence-electron chi connectivity index (χ0n) is 14.3. The maximum absolute atomic E-state index is 12.1. The average Bonchev–Trinajstić information content (AvgIpc) is 2.95. The predicted molar refractivity (Wildman–Crippen MR) is 96.6 cm³/mol. The molecule has 1 aromatic heterocycles. The number of rotatable bonds is 8. The summed E-state index contributed by atoms with van der Waals surface area (Å²) in [5.41, 5.74) is 1.63. The van der Waals surface area contributed by atoms with Gasteiger partial charge < -0.3 is 10.1 Å². The lowest BCUT2D eigenvalue weighted by Crippen LogP contribution is -2.28. The molecule has 6 heteroatoms. The monoisotopic (exact) mass is 359 g/mol. The van der Waals surface area contributed by atoms with Gasteiger partial charge in [0.05, 0.1) is 6.42 Å². The summed E-state index contributed by atoms with van der Waals surface area (Å²) in [4.78, 5) is 37.5. The summed E-state index contributed by atoms with van der Waals surface area (Å²) in [5.74, 6) is -0.993. The van der Waals surface area contributed by atoms with E-state index in [1.165, 1.54) is 0 Å². The Kier molecular flexibility index (Phi) is 6.89. The molecular formula is C19H21NO4S. The molecule has 0 aliphatic heterocycles. The average molecular weight is 359 g/mol. The van der Waals surface area contributed by atoms with E-state index in [9.17, 15) is 14.4 Å². The van der Waals surface area contributed by atoms with Crippen LogP contribution >= 0.6 is 11.3 Å². The molecule has 5 nitrogen and oxygen atoms in total. The number of nitrogens with one attached hydrogen (secondary N) is 1. The molecule has 0 radical (unpaired) electrons. The van der Waals surface area contributed by atoms with Crippen molar-refractivity contribution in [1.82, 2.24) is 5.32 Å². The van der Waals surface area contributed by atoms with E-state index in [4.69, 9.17) is 4.74 Å². The van der Waals surface area contributed by atoms with Crippen LogP contribution in [0, 0.1) is 13.8 Å². The Balaban J connectivity index is 1.67. The molecule has 2 rings (SSSR count). The molecule has 2 aromatic rings. The van der Waals surface area contributed by atoms with Gasteiger partial charge in [-0.3, -0.25) is 14.4 Å². The number of amides is 1. The second kappa shape index (κ2) is 9.13. The molecule has 0 spiro atoms. The molecule has 1 amide bonds. The highest BCUT2D eigenvalue weighted by Gasteiger charge is 2.15. The summed E-state index contributed by atoms with van der Waals surface area (Å²) < 4.78 is 4.91. The second-order valence-corrected chi connectivity index (χ2v) is 7.13. The smallest absolute Gasteiger partial charge is 0.306 e. The highest BCUT2D eigenvalue weighted by Crippen LogP contribution is 2.22. The normalized spacial score (nSPS) is 10.3. The summed E-state index contributed by atoms with van der Waals surface area (Å²) in [6, 6.07) is 11.3. The van der Waals surface area contributed by atoms with Gasteiger partial charge in [0.1, 0.15) is 0 Å². The van der Waals surface area contributed by atoms with Gasteiger partial charge in [-0.15, -0.1) is 11.3 Å². The van der Waals surface area contributed by atoms with E-state index in [0.29, 0.717) is 12.1 Å². The molecule has 1 heterocycles. The fourth-order valence-electron chi connectivity index (χ4n) is 2.32. The van der Waals surface area contributed by atoms with Crippen LogP contribution in [-0.4, -0.2) is 24.3 Å². The summed E-state index contributed by atoms with van der Waals surface area (Å²) >= 11 is 1.56. The van der Waals surface area contributed by atoms with Crippen LogP contribution in [0.1, 0.15) is 38.5 Å². The molecule has 0 unspecified atom stereocenters. The molecule has 1 aromatic carbocycles. The Labute approximate surface area is 151 Å². The van der Waals surface area contributed by atoms with Crippen molar-refractivity contribution in [2.75, 3.05) is 6.61 Å². The fraction of sp³-hybridized carbons (Fsp3) is 0.316. The Bertz CT molecular complexity index is 752. The lowest BCUT2D eigenvalue weighted by molar-refractivity contribution is -0.148. The lowest BCUT2D eigenvalue weighted by Gasteiger charge is -2.06. The van der Waals surface area contributed by atoms with Crippen molar-refractivity contribution >= 4 is 29.0 Å². The Morgan fingerprint density at radius 2 is 1.80 bits per heavy atom. The highest BCUT2D eigenvalue weighted by molar-refractivity contribution is 7.12. The first kappa shape index (κ1) is 18.9. The van der Waals surface area contributed by atoms with E-state index in [1.807, 2.05) is 50.2 Å². The van der Waals surface area contributed by atoms with E-state index in [1.54, 1.807) is 11.3 Å². The molecular weight excluding hydrogens is 338 g/mol. The van der Waals surface area contributed by atoms with E-state index >= 15 is 0 Å². The van der Waals surface area contributed by atoms with Crippen molar-refractivity contribution in [3.05, 3.63) is 57.3 Å². The topological polar surface area (TPSA) is 72.5 Å². The zero-order chi connectivity index (χ0) is 18.2. The Morgan fingerprint density at radius 1 is 1.08 bits per heavy atom. The number of ketones is 1. The number of carbonyl (C=O) groups is 3. The van der Waals surface area contributed by atoms with Gasteiger partial charge in [-0.1, -0.05) is 30.3 Å². The van der Waals surface area contributed by atoms with Crippen LogP contribution < -0.4 is 5.32 Å². The first-order chi connectivity index (χ1) is 12.0. The maximum atomic E-state index is 12.1. The third-order valence-corrected chi connectivity index (χ3v) is 4.56. The molecule has 0 aliphatic rings. The van der Waals surface area contributed by atoms with Crippen molar-refractivity contribution in [1.29, 1.82) is 0 Å². The van der Waals surface area contributed by atoms with Crippen molar-refractivity contribution < 1.29 is 19.1 Å². The van der Waals surface area contributed by atoms with Gasteiger partial charge in [-0.25, -0.2) is 0 Å². The SMILES string of the molecule is Cc1cc(C(=O)CCC(=O)OCC(=O)NCc2ccccc2)c(C)s1. The van der Waals surface area contributed by atoms with Crippen LogP contribution in [0.2, 0.25) is 0 Å². The summed E-state index contributed by atoms with van der Waals surface area (Å²) in [7, 11) is 0. The van der Waals surface area contributed by atoms with Crippen LogP contribution in [0.3, 0.4) is 0 Å². The molecule has 132 valence electrons. The molecule has 1 N–H and O–H groups in total. The van der Waals surface area contributed by atoms with Gasteiger partial charge in [0, 0.05) is 28.3 Å². The zero-order valence-corrected chi connectivity index (χ0v) is 15.2. The number of aryl methyl sites for hydroxylation is 2. The van der Waals surface area contributed by atoms with Gasteiger partial charge in [-0.2, -0.15) is 0 Å². The summed E-state index contributed by atoms with van der Waals surface area (Å²) in [5, 5.41) is 2.67. The van der Waals surface area contributed by atoms with Crippen molar-refractivity contribution in [3.63, 3.8) is 0 Å². The molecule has 0 atom stereocenters. The summed E-state index contributed by atoms with van der Waals surface area (Å²) in [6.07, 6.45) is 0.0562. The van der Waals surface area contributed by atoms with Crippen LogP contribution in [0.4, 0.5) is 0 Å². The van der Waals surface area contributed by atoms with Crippen molar-refractivity contribution in [3.8, 4) is 0 Å². The number of benzene rings is 1. The van der Waals surface area contributed by atoms with E-state index in [-0.39, 0.29) is 31.1 Å². The quantitative estimate of drug-likeness (QED) is 0.580. The van der Waals surface area contributed by atoms with Crippen LogP contribution in [0.5, 0.6) is 0 Å². The molecule has 0 bridgehead atoms. The van der Waals surface area contributed by atoms with Crippen LogP contribution in [0.25, 0.3) is 0 Å². The van der Waals surface area contributed by atoms with Crippen LogP contribution in [0.15, 0.2) is 36.4 Å². The number of Topliss-reactive ketones (excluding diaryl/α,β-unsaturated/α-hetero) is 1. The second-order valence-electron chi connectivity index (χ2n) is 5.67. The van der Waals surface area contributed by atoms with Gasteiger partial charge in [0.2, 0.25) is 0 Å². The molecule has 0 saturated heterocycles. The third-order valence-electron chi connectivity index (χ3n) is 3.59. The number of carbonyl (C=O) groups excluding carboxylic acids is 3. The number of hydrogen-bond acceptors (Lipinski definition) is 5. The molecule has 0 aliphatic carbocycles. The highest BCUT2D eigenvalue weighted by atomic mass is 32.1. The largest absolute Gasteiger partial charge is 0.456 e. The first-order valence-corrected chi connectivity index (χ1v) is 8.84. The summed E-state index contributed by atoms with van der Waals surface area (Å²) in [6.45, 7) is 3.87. The van der Waals surface area contributed by atoms with Gasteiger partial charge in [-0.05, 0) is 25.5 Å². The number of ether oxygens (including phenoxy) is 1. The number of hydrogen-bond donors (Lipinski definition) is 1. The van der Waals surface area contributed by atoms with Gasteiger partial charge in [0.25, 0.3) is 5.91 Å². The molecule has 0 saturated carbocycles.